The highest BCUT2D eigenvalue weighted by atomic mass is 19.3. The van der Waals surface area contributed by atoms with E-state index in [-0.39, 0.29) is 5.75 Å². The Morgan fingerprint density at radius 3 is 2.30 bits per heavy atom. The number of ether oxygens (including phenoxy) is 2. The minimum Gasteiger partial charge on any atom is -0.481 e. The van der Waals surface area contributed by atoms with E-state index >= 15 is 0 Å². The summed E-state index contributed by atoms with van der Waals surface area (Å²) in [5.74, 6) is -3.39. The molecule has 2 bridgehead atoms. The van der Waals surface area contributed by atoms with Crippen LogP contribution in [-0.4, -0.2) is 35.8 Å². The minimum absolute atomic E-state index is 0.0346. The number of alkyl halides is 2. The Kier molecular flexibility index (Phi) is 3.99. The summed E-state index contributed by atoms with van der Waals surface area (Å²) in [4.78, 5) is 23.7. The summed E-state index contributed by atoms with van der Waals surface area (Å²) in [5, 5.41) is 11.8. The number of carbonyl (C=O) groups excluding carboxylic acids is 1. The van der Waals surface area contributed by atoms with Gasteiger partial charge in [0, 0.05) is 5.69 Å². The van der Waals surface area contributed by atoms with E-state index in [9.17, 15) is 23.5 Å². The van der Waals surface area contributed by atoms with Gasteiger partial charge in [-0.1, -0.05) is 12.2 Å². The van der Waals surface area contributed by atoms with Crippen molar-refractivity contribution in [3.05, 3.63) is 36.4 Å². The molecule has 1 amide bonds. The molecule has 0 spiro atoms. The van der Waals surface area contributed by atoms with Gasteiger partial charge < -0.3 is 19.9 Å². The molecule has 1 aromatic carbocycles. The summed E-state index contributed by atoms with van der Waals surface area (Å²) in [5.41, 5.74) is 0.354. The number of benzene rings is 1. The number of carboxylic acids is 1. The topological polar surface area (TPSA) is 84.9 Å². The number of nitrogens with one attached hydrogen (secondary N) is 1. The molecule has 6 nitrogen and oxygen atoms in total. The van der Waals surface area contributed by atoms with Crippen molar-refractivity contribution in [3.63, 3.8) is 0 Å². The van der Waals surface area contributed by atoms with Crippen molar-refractivity contribution in [1.29, 1.82) is 0 Å². The van der Waals surface area contributed by atoms with Gasteiger partial charge in [-0.15, -0.1) is 0 Å². The Bertz CT molecular complexity index is 646. The molecule has 1 fully saturated rings. The van der Waals surface area contributed by atoms with Crippen molar-refractivity contribution in [2.24, 2.45) is 11.8 Å². The zero-order valence-electron chi connectivity index (χ0n) is 11.7. The zero-order chi connectivity index (χ0) is 16.6. The van der Waals surface area contributed by atoms with Gasteiger partial charge in [0.1, 0.15) is 11.7 Å². The Morgan fingerprint density at radius 2 is 1.74 bits per heavy atom. The van der Waals surface area contributed by atoms with Crippen LogP contribution in [0.4, 0.5) is 14.5 Å². The number of amides is 1. The summed E-state index contributed by atoms with van der Waals surface area (Å²) in [6, 6.07) is 5.37. The van der Waals surface area contributed by atoms with Crippen molar-refractivity contribution >= 4 is 17.6 Å². The first-order valence-corrected chi connectivity index (χ1v) is 6.88. The van der Waals surface area contributed by atoms with Gasteiger partial charge in [-0.05, 0) is 24.3 Å². The summed E-state index contributed by atoms with van der Waals surface area (Å²) in [6.45, 7) is -2.93. The van der Waals surface area contributed by atoms with Crippen LogP contribution < -0.4 is 10.1 Å². The van der Waals surface area contributed by atoms with E-state index in [0.29, 0.717) is 5.69 Å². The van der Waals surface area contributed by atoms with Crippen LogP contribution in [0.1, 0.15) is 0 Å². The quantitative estimate of drug-likeness (QED) is 0.808. The third-order valence-electron chi connectivity index (χ3n) is 3.83. The third-order valence-corrected chi connectivity index (χ3v) is 3.83. The molecular weight excluding hydrogens is 312 g/mol. The van der Waals surface area contributed by atoms with Crippen molar-refractivity contribution in [3.8, 4) is 5.75 Å². The van der Waals surface area contributed by atoms with Gasteiger partial charge in [0.15, 0.2) is 0 Å². The fourth-order valence-corrected chi connectivity index (χ4v) is 2.86. The van der Waals surface area contributed by atoms with Crippen LogP contribution in [0.5, 0.6) is 5.75 Å². The Hall–Kier alpha value is -2.48. The molecule has 2 heterocycles. The molecule has 0 aliphatic carbocycles. The van der Waals surface area contributed by atoms with E-state index in [0.717, 1.165) is 0 Å². The summed E-state index contributed by atoms with van der Waals surface area (Å²) < 4.78 is 33.8. The minimum atomic E-state index is -2.93. The number of halogens is 2. The third kappa shape index (κ3) is 3.02. The van der Waals surface area contributed by atoms with Crippen molar-refractivity contribution in [1.82, 2.24) is 0 Å². The second-order valence-electron chi connectivity index (χ2n) is 5.23. The van der Waals surface area contributed by atoms with Crippen LogP contribution in [0.3, 0.4) is 0 Å². The molecule has 0 saturated carbocycles. The molecule has 2 aliphatic heterocycles. The fourth-order valence-electron chi connectivity index (χ4n) is 2.86. The number of hydrogen-bond acceptors (Lipinski definition) is 4. The van der Waals surface area contributed by atoms with Crippen LogP contribution in [0, 0.1) is 11.8 Å². The van der Waals surface area contributed by atoms with Crippen LogP contribution in [0.2, 0.25) is 0 Å². The average molecular weight is 325 g/mol. The monoisotopic (exact) mass is 325 g/mol. The van der Waals surface area contributed by atoms with Gasteiger partial charge in [-0.2, -0.15) is 8.78 Å². The molecule has 23 heavy (non-hydrogen) atoms. The van der Waals surface area contributed by atoms with E-state index in [2.05, 4.69) is 10.1 Å². The maximum Gasteiger partial charge on any atom is 0.387 e. The predicted molar refractivity (Wildman–Crippen MR) is 74.1 cm³/mol. The normalized spacial score (nSPS) is 28.1. The van der Waals surface area contributed by atoms with E-state index in [1.165, 1.54) is 24.3 Å². The SMILES string of the molecule is O=C(O)[C@@H]1[C@@H](C(=O)Nc2ccc(OC(F)F)cc2)[C@H]2C=C[C@H]1O2. The largest absolute Gasteiger partial charge is 0.481 e. The second-order valence-corrected chi connectivity index (χ2v) is 5.23. The molecule has 122 valence electrons. The van der Waals surface area contributed by atoms with Crippen LogP contribution in [0.25, 0.3) is 0 Å². The molecule has 0 unspecified atom stereocenters. The second kappa shape index (κ2) is 5.96. The van der Waals surface area contributed by atoms with Gasteiger partial charge >= 0.3 is 12.6 Å². The molecule has 0 aromatic heterocycles. The van der Waals surface area contributed by atoms with Crippen LogP contribution >= 0.6 is 0 Å². The first-order chi connectivity index (χ1) is 11.0. The Balaban J connectivity index is 1.69. The standard InChI is InChI=1S/C15H13F2NO5/c16-15(17)22-8-3-1-7(2-4-8)18-13(19)11-9-5-6-10(23-9)12(11)14(20)21/h1-6,9-12,15H,(H,18,19)(H,20,21)/t9-,10-,11+,12+/m1/s1. The number of fused-ring (bicyclic) bond motifs is 2. The van der Waals surface area contributed by atoms with E-state index in [4.69, 9.17) is 4.74 Å². The maximum absolute atomic E-state index is 12.3. The fraction of sp³-hybridized carbons (Fsp3) is 0.333. The molecule has 1 aromatic rings. The average Bonchev–Trinajstić information content (AvgIpc) is 3.09. The Morgan fingerprint density at radius 1 is 1.13 bits per heavy atom. The lowest BCUT2D eigenvalue weighted by molar-refractivity contribution is -0.145. The number of rotatable bonds is 5. The number of aliphatic carboxylic acids is 1. The molecule has 4 atom stereocenters. The highest BCUT2D eigenvalue weighted by Gasteiger charge is 2.53. The first kappa shape index (κ1) is 15.4. The van der Waals surface area contributed by atoms with Crippen molar-refractivity contribution in [2.75, 3.05) is 5.32 Å². The smallest absolute Gasteiger partial charge is 0.387 e. The highest BCUT2D eigenvalue weighted by molar-refractivity contribution is 5.96. The molecule has 0 radical (unpaired) electrons. The molecular formula is C15H13F2NO5. The summed E-state index contributed by atoms with van der Waals surface area (Å²) in [7, 11) is 0. The van der Waals surface area contributed by atoms with Gasteiger partial charge in [0.25, 0.3) is 0 Å². The van der Waals surface area contributed by atoms with E-state index in [1.54, 1.807) is 12.2 Å². The van der Waals surface area contributed by atoms with Crippen LogP contribution in [0.15, 0.2) is 36.4 Å². The molecule has 1 saturated heterocycles. The van der Waals surface area contributed by atoms with Crippen molar-refractivity contribution in [2.45, 2.75) is 18.8 Å². The number of carbonyl (C=O) groups is 2. The van der Waals surface area contributed by atoms with Crippen LogP contribution in [-0.2, 0) is 14.3 Å². The lowest BCUT2D eigenvalue weighted by Gasteiger charge is -2.21. The van der Waals surface area contributed by atoms with Gasteiger partial charge in [0.05, 0.1) is 18.1 Å². The summed E-state index contributed by atoms with van der Waals surface area (Å²) in [6.07, 6.45) is 2.15. The van der Waals surface area contributed by atoms with Crippen molar-refractivity contribution < 1.29 is 33.0 Å². The highest BCUT2D eigenvalue weighted by Crippen LogP contribution is 2.39. The molecule has 2 N–H and O–H groups in total. The lowest BCUT2D eigenvalue weighted by Crippen LogP contribution is -2.39. The lowest BCUT2D eigenvalue weighted by atomic mass is 9.82. The number of anilines is 1. The number of carboxylic acid groups (broad SMARTS) is 1. The van der Waals surface area contributed by atoms with E-state index < -0.39 is 42.5 Å². The van der Waals surface area contributed by atoms with Gasteiger partial charge in [-0.3, -0.25) is 9.59 Å². The van der Waals surface area contributed by atoms with Gasteiger partial charge in [0.2, 0.25) is 5.91 Å². The molecule has 3 rings (SSSR count). The molecule has 8 heteroatoms. The maximum atomic E-state index is 12.3. The predicted octanol–water partition coefficient (Wildman–Crippen LogP) is 1.88. The van der Waals surface area contributed by atoms with Gasteiger partial charge in [-0.25, -0.2) is 0 Å². The number of hydrogen-bond donors (Lipinski definition) is 2. The zero-order valence-corrected chi connectivity index (χ0v) is 11.7. The summed E-state index contributed by atoms with van der Waals surface area (Å²) >= 11 is 0. The van der Waals surface area contributed by atoms with E-state index in [1.807, 2.05) is 0 Å². The Labute approximate surface area is 129 Å². The molecule has 2 aliphatic rings. The first-order valence-electron chi connectivity index (χ1n) is 6.88.